The summed E-state index contributed by atoms with van der Waals surface area (Å²) in [6.07, 6.45) is 0. The fourth-order valence-corrected chi connectivity index (χ4v) is 5.06. The number of rotatable bonds is 4. The fourth-order valence-electron chi connectivity index (χ4n) is 2.90. The number of hydrogen-bond donors (Lipinski definition) is 1. The molecule has 142 valence electrons. The zero-order valence-electron chi connectivity index (χ0n) is 15.2. The molecule has 0 saturated carbocycles. The maximum atomic E-state index is 12.8. The second kappa shape index (κ2) is 7.36. The quantitative estimate of drug-likeness (QED) is 0.788. The summed E-state index contributed by atoms with van der Waals surface area (Å²) in [6.45, 7) is 5.45. The number of sulfonamides is 1. The van der Waals surface area contributed by atoms with E-state index < -0.39 is 10.0 Å². The van der Waals surface area contributed by atoms with Crippen LogP contribution in [0.3, 0.4) is 0 Å². The van der Waals surface area contributed by atoms with Crippen LogP contribution >= 0.6 is 11.8 Å². The Balaban J connectivity index is 1.96. The molecule has 27 heavy (non-hydrogen) atoms. The molecule has 1 amide bonds. The number of nitrogens with one attached hydrogen (secondary N) is 1. The van der Waals surface area contributed by atoms with E-state index in [1.807, 2.05) is 6.92 Å². The van der Waals surface area contributed by atoms with Gasteiger partial charge in [0.25, 0.3) is 10.0 Å². The van der Waals surface area contributed by atoms with Gasteiger partial charge in [-0.05, 0) is 37.3 Å². The number of hydrogen-bond acceptors (Lipinski definition) is 5. The Bertz CT molecular complexity index is 1020. The minimum Gasteiger partial charge on any atom is -0.310 e. The molecule has 1 aliphatic heterocycles. The van der Waals surface area contributed by atoms with Gasteiger partial charge in [0, 0.05) is 34.9 Å². The predicted molar refractivity (Wildman–Crippen MR) is 107 cm³/mol. The van der Waals surface area contributed by atoms with Crippen LogP contribution in [0, 0.1) is 0 Å². The summed E-state index contributed by atoms with van der Waals surface area (Å²) in [5.74, 6) is -0.270. The van der Waals surface area contributed by atoms with Crippen LogP contribution in [0.1, 0.15) is 31.1 Å². The van der Waals surface area contributed by atoms with Crippen molar-refractivity contribution in [1.29, 1.82) is 0 Å². The van der Waals surface area contributed by atoms with Gasteiger partial charge in [0.2, 0.25) is 5.91 Å². The van der Waals surface area contributed by atoms with Crippen molar-refractivity contribution in [3.05, 3.63) is 48.0 Å². The highest BCUT2D eigenvalue weighted by Gasteiger charge is 2.27. The molecule has 0 bridgehead atoms. The molecule has 0 spiro atoms. The maximum absolute atomic E-state index is 12.8. The van der Waals surface area contributed by atoms with Gasteiger partial charge in [-0.25, -0.2) is 8.42 Å². The van der Waals surface area contributed by atoms with Gasteiger partial charge in [-0.1, -0.05) is 19.1 Å². The van der Waals surface area contributed by atoms with Crippen LogP contribution in [0.2, 0.25) is 0 Å². The average molecular weight is 405 g/mol. The molecule has 1 atom stereocenters. The molecule has 0 unspecified atom stereocenters. The molecular formula is C19H20N2O4S2. The summed E-state index contributed by atoms with van der Waals surface area (Å²) < 4.78 is 28.1. The third-order valence-electron chi connectivity index (χ3n) is 4.20. The van der Waals surface area contributed by atoms with E-state index in [1.54, 1.807) is 40.9 Å². The van der Waals surface area contributed by atoms with Gasteiger partial charge in [0.15, 0.2) is 5.78 Å². The van der Waals surface area contributed by atoms with Gasteiger partial charge in [0.1, 0.15) is 0 Å². The summed E-state index contributed by atoms with van der Waals surface area (Å²) in [5.41, 5.74) is 1.34. The van der Waals surface area contributed by atoms with E-state index >= 15 is 0 Å². The summed E-state index contributed by atoms with van der Waals surface area (Å²) >= 11 is 1.61. The Morgan fingerprint density at radius 3 is 2.56 bits per heavy atom. The number of fused-ring (bicyclic) bond motifs is 1. The predicted octanol–water partition coefficient (Wildman–Crippen LogP) is 3.54. The van der Waals surface area contributed by atoms with Crippen LogP contribution in [0.4, 0.5) is 11.4 Å². The van der Waals surface area contributed by atoms with E-state index in [-0.39, 0.29) is 21.8 Å². The van der Waals surface area contributed by atoms with Crippen LogP contribution in [0.15, 0.2) is 52.3 Å². The Labute approximate surface area is 163 Å². The van der Waals surface area contributed by atoms with Crippen molar-refractivity contribution in [3.8, 4) is 0 Å². The first-order chi connectivity index (χ1) is 12.7. The third kappa shape index (κ3) is 4.17. The second-order valence-corrected chi connectivity index (χ2v) is 9.59. The van der Waals surface area contributed by atoms with Gasteiger partial charge < -0.3 is 4.90 Å². The van der Waals surface area contributed by atoms with Crippen molar-refractivity contribution in [3.63, 3.8) is 0 Å². The van der Waals surface area contributed by atoms with Crippen molar-refractivity contribution < 1.29 is 18.0 Å². The topological polar surface area (TPSA) is 83.6 Å². The minimum atomic E-state index is -3.86. The number of carbonyl (C=O) groups excluding carboxylic acids is 2. The molecule has 1 N–H and O–H groups in total. The van der Waals surface area contributed by atoms with Crippen LogP contribution in [-0.2, 0) is 14.8 Å². The lowest BCUT2D eigenvalue weighted by Gasteiger charge is -2.32. The zero-order valence-corrected chi connectivity index (χ0v) is 16.9. The molecule has 1 heterocycles. The number of amides is 1. The smallest absolute Gasteiger partial charge is 0.261 e. The summed E-state index contributed by atoms with van der Waals surface area (Å²) in [7, 11) is -3.86. The molecule has 1 aliphatic rings. The number of thioether (sulfide) groups is 1. The number of Topliss-reactive ketones (excluding diaryl/α,β-unsaturated/α-hetero) is 1. The summed E-state index contributed by atoms with van der Waals surface area (Å²) in [6, 6.07) is 11.1. The number of ketones is 1. The standard InChI is InChI=1S/C19H20N2O4S2/c1-12-11-21(14(3)23)18-10-17(7-8-19(18)26-12)27(24,25)20-16-6-4-5-15(9-16)13(2)22/h4-10,12,20H,11H2,1-3H3/t12-/m1/s1. The van der Waals surface area contributed by atoms with Gasteiger partial charge in [-0.3, -0.25) is 14.3 Å². The van der Waals surface area contributed by atoms with Gasteiger partial charge >= 0.3 is 0 Å². The molecule has 0 aromatic heterocycles. The van der Waals surface area contributed by atoms with Crippen molar-refractivity contribution in [2.45, 2.75) is 35.8 Å². The highest BCUT2D eigenvalue weighted by molar-refractivity contribution is 8.00. The van der Waals surface area contributed by atoms with Gasteiger partial charge in [-0.2, -0.15) is 0 Å². The average Bonchev–Trinajstić information content (AvgIpc) is 2.60. The van der Waals surface area contributed by atoms with E-state index in [2.05, 4.69) is 4.72 Å². The molecular weight excluding hydrogens is 384 g/mol. The van der Waals surface area contributed by atoms with Crippen molar-refractivity contribution in [1.82, 2.24) is 0 Å². The fraction of sp³-hybridized carbons (Fsp3) is 0.263. The van der Waals surface area contributed by atoms with E-state index in [9.17, 15) is 18.0 Å². The molecule has 8 heteroatoms. The van der Waals surface area contributed by atoms with Gasteiger partial charge in [-0.15, -0.1) is 11.8 Å². The molecule has 6 nitrogen and oxygen atoms in total. The Kier molecular flexibility index (Phi) is 5.30. The van der Waals surface area contributed by atoms with Crippen LogP contribution in [0.25, 0.3) is 0 Å². The van der Waals surface area contributed by atoms with E-state index in [0.717, 1.165) is 4.90 Å². The van der Waals surface area contributed by atoms with Crippen molar-refractivity contribution in [2.75, 3.05) is 16.2 Å². The molecule has 0 aliphatic carbocycles. The number of anilines is 2. The first-order valence-corrected chi connectivity index (χ1v) is 10.8. The molecule has 0 fully saturated rings. The maximum Gasteiger partial charge on any atom is 0.261 e. The van der Waals surface area contributed by atoms with Crippen molar-refractivity contribution in [2.24, 2.45) is 0 Å². The molecule has 2 aromatic carbocycles. The first kappa shape index (κ1) is 19.4. The monoisotopic (exact) mass is 404 g/mol. The first-order valence-electron chi connectivity index (χ1n) is 8.40. The van der Waals surface area contributed by atoms with Gasteiger partial charge in [0.05, 0.1) is 10.6 Å². The molecule has 3 rings (SSSR count). The van der Waals surface area contributed by atoms with E-state index in [4.69, 9.17) is 0 Å². The second-order valence-electron chi connectivity index (χ2n) is 6.43. The lowest BCUT2D eigenvalue weighted by Crippen LogP contribution is -2.37. The third-order valence-corrected chi connectivity index (χ3v) is 6.73. The molecule has 2 aromatic rings. The Hall–Kier alpha value is -2.32. The lowest BCUT2D eigenvalue weighted by molar-refractivity contribution is -0.116. The molecule has 0 saturated heterocycles. The van der Waals surface area contributed by atoms with Crippen LogP contribution < -0.4 is 9.62 Å². The highest BCUT2D eigenvalue weighted by Crippen LogP contribution is 2.39. The summed E-state index contributed by atoms with van der Waals surface area (Å²) in [4.78, 5) is 26.0. The number of nitrogens with zero attached hydrogens (tertiary/aromatic N) is 1. The molecule has 0 radical (unpaired) electrons. The van der Waals surface area contributed by atoms with Crippen molar-refractivity contribution >= 4 is 44.9 Å². The lowest BCUT2D eigenvalue weighted by atomic mass is 10.1. The van der Waals surface area contributed by atoms with E-state index in [1.165, 1.54) is 32.0 Å². The Morgan fingerprint density at radius 1 is 1.15 bits per heavy atom. The zero-order chi connectivity index (χ0) is 19.8. The van der Waals surface area contributed by atoms with Crippen LogP contribution in [-0.4, -0.2) is 31.9 Å². The Morgan fingerprint density at radius 2 is 1.89 bits per heavy atom. The normalized spacial score (nSPS) is 16.6. The largest absolute Gasteiger partial charge is 0.310 e. The highest BCUT2D eigenvalue weighted by atomic mass is 32.2. The van der Waals surface area contributed by atoms with E-state index in [0.29, 0.717) is 23.5 Å². The summed E-state index contributed by atoms with van der Waals surface area (Å²) in [5, 5.41) is 0.233. The van der Waals surface area contributed by atoms with Crippen LogP contribution in [0.5, 0.6) is 0 Å². The SMILES string of the molecule is CC(=O)c1cccc(NS(=O)(=O)c2ccc3c(c2)N(C(C)=O)C[C@@H](C)S3)c1. The minimum absolute atomic E-state index is 0.0656. The number of carbonyl (C=O) groups is 2. The number of benzene rings is 2.